The summed E-state index contributed by atoms with van der Waals surface area (Å²) in [7, 11) is 0. The Morgan fingerprint density at radius 1 is 1.00 bits per heavy atom. The summed E-state index contributed by atoms with van der Waals surface area (Å²) < 4.78 is 0. The Morgan fingerprint density at radius 2 is 1.89 bits per heavy atom. The fourth-order valence-electron chi connectivity index (χ4n) is 2.09. The minimum absolute atomic E-state index is 0.746. The van der Waals surface area contributed by atoms with E-state index in [0.29, 0.717) is 0 Å². The van der Waals surface area contributed by atoms with Gasteiger partial charge in [-0.15, -0.1) is 0 Å². The third-order valence-electron chi connectivity index (χ3n) is 3.01. The van der Waals surface area contributed by atoms with Gasteiger partial charge in [0, 0.05) is 22.4 Å². The summed E-state index contributed by atoms with van der Waals surface area (Å²) in [6.45, 7) is 0.746. The molecule has 0 fully saturated rings. The molecule has 0 aromatic heterocycles. The van der Waals surface area contributed by atoms with Gasteiger partial charge >= 0.3 is 0 Å². The monoisotopic (exact) mass is 253 g/mol. The molecule has 1 aliphatic rings. The van der Waals surface area contributed by atoms with Gasteiger partial charge in [0.05, 0.1) is 6.54 Å². The van der Waals surface area contributed by atoms with Gasteiger partial charge in [-0.1, -0.05) is 54.1 Å². The second kappa shape index (κ2) is 4.79. The first-order chi connectivity index (χ1) is 8.84. The van der Waals surface area contributed by atoms with Crippen molar-refractivity contribution >= 4 is 23.9 Å². The number of hydrogen-bond acceptors (Lipinski definition) is 1. The molecular formula is C16H12ClN. The first kappa shape index (κ1) is 11.2. The van der Waals surface area contributed by atoms with Crippen LogP contribution in [0.25, 0.3) is 17.2 Å². The van der Waals surface area contributed by atoms with Crippen LogP contribution >= 0.6 is 11.6 Å². The van der Waals surface area contributed by atoms with Crippen molar-refractivity contribution in [2.24, 2.45) is 4.99 Å². The van der Waals surface area contributed by atoms with Gasteiger partial charge in [-0.3, -0.25) is 4.99 Å². The van der Waals surface area contributed by atoms with Crippen molar-refractivity contribution in [3.05, 3.63) is 64.7 Å². The lowest BCUT2D eigenvalue weighted by molar-refractivity contribution is 1.27. The van der Waals surface area contributed by atoms with E-state index in [0.717, 1.165) is 28.3 Å². The summed E-state index contributed by atoms with van der Waals surface area (Å²) in [6, 6.07) is 14.2. The first-order valence-corrected chi connectivity index (χ1v) is 6.28. The molecule has 0 saturated carbocycles. The molecular weight excluding hydrogens is 242 g/mol. The van der Waals surface area contributed by atoms with Crippen molar-refractivity contribution in [1.29, 1.82) is 0 Å². The number of aliphatic imine (C=N–C) groups is 1. The average Bonchev–Trinajstić information content (AvgIpc) is 2.63. The standard InChI is InChI=1S/C16H12ClN/c17-16-6-2-1-5-15(16)13-8-7-12-4-3-9-18-11-14(12)10-13/h1-8,10-11H,9H2. The van der Waals surface area contributed by atoms with Crippen molar-refractivity contribution in [2.45, 2.75) is 0 Å². The van der Waals surface area contributed by atoms with Crippen LogP contribution < -0.4 is 0 Å². The fraction of sp³-hybridized carbons (Fsp3) is 0.0625. The van der Waals surface area contributed by atoms with Crippen molar-refractivity contribution in [2.75, 3.05) is 6.54 Å². The van der Waals surface area contributed by atoms with Gasteiger partial charge < -0.3 is 0 Å². The van der Waals surface area contributed by atoms with Crippen LogP contribution in [0.2, 0.25) is 5.02 Å². The minimum Gasteiger partial charge on any atom is -0.288 e. The molecule has 0 unspecified atom stereocenters. The zero-order valence-electron chi connectivity index (χ0n) is 9.81. The van der Waals surface area contributed by atoms with Crippen molar-refractivity contribution in [1.82, 2.24) is 0 Å². The third-order valence-corrected chi connectivity index (χ3v) is 3.34. The molecule has 0 radical (unpaired) electrons. The van der Waals surface area contributed by atoms with Crippen LogP contribution in [-0.2, 0) is 0 Å². The van der Waals surface area contributed by atoms with E-state index in [1.807, 2.05) is 30.5 Å². The molecule has 0 saturated heterocycles. The molecule has 2 aromatic carbocycles. The van der Waals surface area contributed by atoms with E-state index in [1.165, 1.54) is 5.56 Å². The van der Waals surface area contributed by atoms with E-state index in [4.69, 9.17) is 11.6 Å². The number of fused-ring (bicyclic) bond motifs is 1. The topological polar surface area (TPSA) is 12.4 Å². The molecule has 2 aromatic rings. The molecule has 1 heterocycles. The molecule has 1 aliphatic heterocycles. The maximum atomic E-state index is 6.23. The molecule has 1 nitrogen and oxygen atoms in total. The predicted molar refractivity (Wildman–Crippen MR) is 78.4 cm³/mol. The number of hydrogen-bond donors (Lipinski definition) is 0. The molecule has 0 atom stereocenters. The molecule has 88 valence electrons. The molecule has 3 rings (SSSR count). The van der Waals surface area contributed by atoms with Crippen molar-refractivity contribution < 1.29 is 0 Å². The van der Waals surface area contributed by atoms with Gasteiger partial charge in [0.15, 0.2) is 0 Å². The Balaban J connectivity index is 2.13. The molecule has 0 aliphatic carbocycles. The van der Waals surface area contributed by atoms with Crippen LogP contribution in [0.15, 0.2) is 53.5 Å². The van der Waals surface area contributed by atoms with E-state index in [9.17, 15) is 0 Å². The van der Waals surface area contributed by atoms with Crippen LogP contribution in [0.1, 0.15) is 11.1 Å². The summed E-state index contributed by atoms with van der Waals surface area (Å²) in [6.07, 6.45) is 6.10. The highest BCUT2D eigenvalue weighted by atomic mass is 35.5. The molecule has 0 spiro atoms. The predicted octanol–water partition coefficient (Wildman–Crippen LogP) is 4.45. The highest BCUT2D eigenvalue weighted by molar-refractivity contribution is 6.33. The van der Waals surface area contributed by atoms with Gasteiger partial charge in [0.1, 0.15) is 0 Å². The summed E-state index contributed by atoms with van der Waals surface area (Å²) in [4.78, 5) is 4.32. The number of rotatable bonds is 1. The summed E-state index contributed by atoms with van der Waals surface area (Å²) in [5, 5.41) is 0.776. The van der Waals surface area contributed by atoms with Crippen molar-refractivity contribution in [3.63, 3.8) is 0 Å². The van der Waals surface area contributed by atoms with Gasteiger partial charge in [-0.2, -0.15) is 0 Å². The van der Waals surface area contributed by atoms with E-state index in [1.54, 1.807) is 0 Å². The quantitative estimate of drug-likeness (QED) is 0.712. The molecule has 0 amide bonds. The normalized spacial score (nSPS) is 13.2. The van der Waals surface area contributed by atoms with Gasteiger partial charge in [0.2, 0.25) is 0 Å². The molecule has 0 bridgehead atoms. The highest BCUT2D eigenvalue weighted by Gasteiger charge is 2.06. The van der Waals surface area contributed by atoms with Crippen LogP contribution in [0.4, 0.5) is 0 Å². The van der Waals surface area contributed by atoms with Crippen LogP contribution in [0.5, 0.6) is 0 Å². The zero-order valence-corrected chi connectivity index (χ0v) is 10.6. The van der Waals surface area contributed by atoms with E-state index in [2.05, 4.69) is 35.3 Å². The lowest BCUT2D eigenvalue weighted by atomic mass is 9.99. The number of halogens is 1. The second-order valence-electron chi connectivity index (χ2n) is 4.22. The summed E-state index contributed by atoms with van der Waals surface area (Å²) in [5.74, 6) is 0. The molecule has 0 N–H and O–H groups in total. The number of benzene rings is 2. The maximum Gasteiger partial charge on any atom is 0.0573 e. The Morgan fingerprint density at radius 3 is 2.78 bits per heavy atom. The maximum absolute atomic E-state index is 6.23. The van der Waals surface area contributed by atoms with Gasteiger partial charge in [-0.25, -0.2) is 0 Å². The zero-order chi connectivity index (χ0) is 12.4. The van der Waals surface area contributed by atoms with Gasteiger partial charge in [-0.05, 0) is 23.3 Å². The van der Waals surface area contributed by atoms with Crippen LogP contribution in [-0.4, -0.2) is 12.8 Å². The Bertz CT molecular complexity index is 641. The van der Waals surface area contributed by atoms with E-state index >= 15 is 0 Å². The van der Waals surface area contributed by atoms with Crippen LogP contribution in [0.3, 0.4) is 0 Å². The van der Waals surface area contributed by atoms with Crippen molar-refractivity contribution in [3.8, 4) is 11.1 Å². The van der Waals surface area contributed by atoms with E-state index < -0.39 is 0 Å². The van der Waals surface area contributed by atoms with Gasteiger partial charge in [0.25, 0.3) is 0 Å². The lowest BCUT2D eigenvalue weighted by Gasteiger charge is -2.07. The number of nitrogens with zero attached hydrogens (tertiary/aromatic N) is 1. The fourth-order valence-corrected chi connectivity index (χ4v) is 2.34. The smallest absolute Gasteiger partial charge is 0.0573 e. The minimum atomic E-state index is 0.746. The lowest BCUT2D eigenvalue weighted by Crippen LogP contribution is -1.88. The van der Waals surface area contributed by atoms with Crippen LogP contribution in [0, 0.1) is 0 Å². The summed E-state index contributed by atoms with van der Waals surface area (Å²) in [5.41, 5.74) is 4.53. The Hall–Kier alpha value is -1.86. The Labute approximate surface area is 111 Å². The average molecular weight is 254 g/mol. The second-order valence-corrected chi connectivity index (χ2v) is 4.63. The SMILES string of the molecule is Clc1ccccc1-c1ccc2c(c1)C=NCC=C2. The largest absolute Gasteiger partial charge is 0.288 e. The summed E-state index contributed by atoms with van der Waals surface area (Å²) >= 11 is 6.23. The third kappa shape index (κ3) is 2.09. The molecule has 2 heteroatoms. The first-order valence-electron chi connectivity index (χ1n) is 5.90. The van der Waals surface area contributed by atoms with E-state index in [-0.39, 0.29) is 0 Å². The Kier molecular flexibility index (Phi) is 2.99. The molecule has 18 heavy (non-hydrogen) atoms. The highest BCUT2D eigenvalue weighted by Crippen LogP contribution is 2.29.